The molecule has 0 fully saturated rings. The number of hydrazine groups is 1. The highest BCUT2D eigenvalue weighted by Gasteiger charge is 2.23. The van der Waals surface area contributed by atoms with Crippen LogP contribution in [0.3, 0.4) is 0 Å². The largest absolute Gasteiger partial charge is 0.288 e. The normalized spacial score (nSPS) is 15.0. The molecule has 1 aromatic rings. The molecular weight excluding hydrogens is 180 g/mol. The van der Waals surface area contributed by atoms with E-state index in [4.69, 9.17) is 0 Å². The van der Waals surface area contributed by atoms with Gasteiger partial charge in [-0.25, -0.2) is 0 Å². The molecule has 0 saturated heterocycles. The van der Waals surface area contributed by atoms with E-state index in [1.807, 2.05) is 0 Å². The Morgan fingerprint density at radius 2 is 1.64 bits per heavy atom. The Labute approximate surface area is 80.8 Å². The number of amides is 2. The summed E-state index contributed by atoms with van der Waals surface area (Å²) in [5.74, 6) is -0.717. The molecule has 1 aliphatic heterocycles. The molecule has 0 atom stereocenters. The average molecular weight is 187 g/mol. The first kappa shape index (κ1) is 8.50. The van der Waals surface area contributed by atoms with E-state index in [1.165, 1.54) is 12.2 Å². The van der Waals surface area contributed by atoms with Crippen molar-refractivity contribution >= 4 is 17.5 Å². The van der Waals surface area contributed by atoms with Gasteiger partial charge in [0.15, 0.2) is 0 Å². The first-order valence-corrected chi connectivity index (χ1v) is 4.06. The van der Waals surface area contributed by atoms with Crippen LogP contribution in [0.5, 0.6) is 0 Å². The van der Waals surface area contributed by atoms with Crippen molar-refractivity contribution in [2.24, 2.45) is 0 Å². The van der Waals surface area contributed by atoms with Gasteiger partial charge in [0.2, 0.25) is 0 Å². The Kier molecular flexibility index (Phi) is 2.02. The summed E-state index contributed by atoms with van der Waals surface area (Å²) in [4.78, 5) is 22.3. The van der Waals surface area contributed by atoms with Crippen LogP contribution in [0.2, 0.25) is 0 Å². The predicted octanol–water partition coefficient (Wildman–Crippen LogP) is 0.739. The summed E-state index contributed by atoms with van der Waals surface area (Å²) in [5, 5.41) is 0.954. The van der Waals surface area contributed by atoms with Crippen molar-refractivity contribution < 1.29 is 9.59 Å². The molecule has 4 nitrogen and oxygen atoms in total. The zero-order valence-corrected chi connectivity index (χ0v) is 7.23. The maximum Gasteiger partial charge on any atom is 0.272 e. The van der Waals surface area contributed by atoms with Crippen molar-refractivity contribution in [3.05, 3.63) is 42.5 Å². The highest BCUT2D eigenvalue weighted by Crippen LogP contribution is 2.09. The zero-order valence-electron chi connectivity index (χ0n) is 7.23. The van der Waals surface area contributed by atoms with Crippen LogP contribution in [0.15, 0.2) is 36.4 Å². The van der Waals surface area contributed by atoms with Gasteiger partial charge in [0.1, 0.15) is 0 Å². The average Bonchev–Trinajstić information content (AvgIpc) is 2.51. The van der Waals surface area contributed by atoms with Gasteiger partial charge in [0.05, 0.1) is 5.69 Å². The number of carbonyl (C=O) groups is 2. The summed E-state index contributed by atoms with van der Waals surface area (Å²) in [5.41, 5.74) is 3.37. The van der Waals surface area contributed by atoms with Gasteiger partial charge in [0, 0.05) is 12.2 Å². The van der Waals surface area contributed by atoms with Crippen LogP contribution in [0, 0.1) is 6.07 Å². The summed E-state index contributed by atoms with van der Waals surface area (Å²) in [6, 6.07) is 9.67. The van der Waals surface area contributed by atoms with Crippen molar-refractivity contribution in [1.82, 2.24) is 5.01 Å². The van der Waals surface area contributed by atoms with Gasteiger partial charge in [-0.05, 0) is 18.2 Å². The quantitative estimate of drug-likeness (QED) is 0.694. The van der Waals surface area contributed by atoms with Crippen molar-refractivity contribution in [3.63, 3.8) is 0 Å². The van der Waals surface area contributed by atoms with E-state index in [0.717, 1.165) is 5.01 Å². The van der Waals surface area contributed by atoms with E-state index in [1.54, 1.807) is 24.3 Å². The zero-order chi connectivity index (χ0) is 9.97. The van der Waals surface area contributed by atoms with Gasteiger partial charge in [-0.3, -0.25) is 15.0 Å². The fourth-order valence-electron chi connectivity index (χ4n) is 1.10. The molecule has 0 saturated carbocycles. The van der Waals surface area contributed by atoms with Crippen LogP contribution >= 0.6 is 0 Å². The first-order chi connectivity index (χ1) is 6.77. The van der Waals surface area contributed by atoms with Gasteiger partial charge in [0.25, 0.3) is 11.8 Å². The topological polar surface area (TPSA) is 49.4 Å². The number of rotatable bonds is 2. The lowest BCUT2D eigenvalue weighted by Crippen LogP contribution is -2.35. The van der Waals surface area contributed by atoms with Crippen LogP contribution < -0.4 is 5.43 Å². The number of hydrogen-bond acceptors (Lipinski definition) is 3. The number of anilines is 1. The molecule has 14 heavy (non-hydrogen) atoms. The van der Waals surface area contributed by atoms with Gasteiger partial charge in [-0.15, -0.1) is 0 Å². The van der Waals surface area contributed by atoms with Gasteiger partial charge >= 0.3 is 0 Å². The molecule has 2 amide bonds. The van der Waals surface area contributed by atoms with Crippen molar-refractivity contribution in [1.29, 1.82) is 0 Å². The van der Waals surface area contributed by atoms with Crippen LogP contribution in [0.1, 0.15) is 0 Å². The van der Waals surface area contributed by atoms with Crippen molar-refractivity contribution in [3.8, 4) is 0 Å². The second-order valence-electron chi connectivity index (χ2n) is 2.75. The molecule has 69 valence electrons. The van der Waals surface area contributed by atoms with Crippen LogP contribution in [0.25, 0.3) is 0 Å². The van der Waals surface area contributed by atoms with Gasteiger partial charge in [-0.2, -0.15) is 5.01 Å². The lowest BCUT2D eigenvalue weighted by atomic mass is 10.3. The number of carbonyl (C=O) groups excluding carboxylic acids is 2. The van der Waals surface area contributed by atoms with Crippen LogP contribution in [-0.2, 0) is 9.59 Å². The number of hydrogen-bond donors (Lipinski definition) is 1. The molecule has 1 aromatic carbocycles. The summed E-state index contributed by atoms with van der Waals surface area (Å²) < 4.78 is 0. The Morgan fingerprint density at radius 1 is 1.07 bits per heavy atom. The molecule has 0 spiro atoms. The van der Waals surface area contributed by atoms with E-state index in [2.05, 4.69) is 11.5 Å². The molecule has 1 radical (unpaired) electrons. The van der Waals surface area contributed by atoms with E-state index < -0.39 is 0 Å². The fourth-order valence-corrected chi connectivity index (χ4v) is 1.10. The lowest BCUT2D eigenvalue weighted by Gasteiger charge is -2.15. The molecule has 0 unspecified atom stereocenters. The molecule has 4 heteroatoms. The van der Waals surface area contributed by atoms with E-state index in [9.17, 15) is 9.59 Å². The second-order valence-corrected chi connectivity index (χ2v) is 2.75. The van der Waals surface area contributed by atoms with Crippen molar-refractivity contribution in [2.75, 3.05) is 5.43 Å². The Morgan fingerprint density at radius 3 is 2.21 bits per heavy atom. The molecule has 2 rings (SSSR count). The van der Waals surface area contributed by atoms with E-state index >= 15 is 0 Å². The molecule has 0 aromatic heterocycles. The minimum atomic E-state index is -0.358. The summed E-state index contributed by atoms with van der Waals surface area (Å²) in [6.45, 7) is 0. The third kappa shape index (κ3) is 1.50. The van der Waals surface area contributed by atoms with E-state index in [-0.39, 0.29) is 11.8 Å². The smallest absolute Gasteiger partial charge is 0.272 e. The highest BCUT2D eigenvalue weighted by molar-refractivity contribution is 6.13. The number of nitrogens with one attached hydrogen (secondary N) is 1. The minimum absolute atomic E-state index is 0.358. The highest BCUT2D eigenvalue weighted by atomic mass is 16.2. The van der Waals surface area contributed by atoms with E-state index in [0.29, 0.717) is 5.69 Å². The fraction of sp³-hybridized carbons (Fsp3) is 0. The monoisotopic (exact) mass is 187 g/mol. The molecule has 1 aliphatic rings. The third-order valence-electron chi connectivity index (χ3n) is 1.77. The van der Waals surface area contributed by atoms with Gasteiger partial charge in [-0.1, -0.05) is 12.1 Å². The third-order valence-corrected chi connectivity index (χ3v) is 1.77. The van der Waals surface area contributed by atoms with Crippen LogP contribution in [0.4, 0.5) is 5.69 Å². The molecular formula is C10H7N2O2. The maximum absolute atomic E-state index is 11.1. The SMILES string of the molecule is O=C1C=CC(=O)N1Nc1cc[c]cc1. The second kappa shape index (κ2) is 3.33. The molecule has 0 bridgehead atoms. The summed E-state index contributed by atoms with van der Waals surface area (Å²) in [7, 11) is 0. The number of benzene rings is 1. The maximum atomic E-state index is 11.1. The lowest BCUT2D eigenvalue weighted by molar-refractivity contribution is -0.135. The number of imide groups is 1. The van der Waals surface area contributed by atoms with Crippen LogP contribution in [-0.4, -0.2) is 16.8 Å². The number of nitrogens with zero attached hydrogens (tertiary/aromatic N) is 1. The molecule has 0 aliphatic carbocycles. The van der Waals surface area contributed by atoms with Gasteiger partial charge < -0.3 is 0 Å². The predicted molar refractivity (Wildman–Crippen MR) is 49.9 cm³/mol. The van der Waals surface area contributed by atoms with Crippen molar-refractivity contribution in [2.45, 2.75) is 0 Å². The summed E-state index contributed by atoms with van der Waals surface area (Å²) in [6.07, 6.45) is 2.45. The first-order valence-electron chi connectivity index (χ1n) is 4.06. The Bertz CT molecular complexity index is 380. The molecule has 1 N–H and O–H groups in total. The molecule has 1 heterocycles. The Balaban J connectivity index is 2.13. The standard InChI is InChI=1S/C10H7N2O2/c13-9-6-7-10(14)12(9)11-8-4-2-1-3-5-8/h2-7,11H. The Hall–Kier alpha value is -2.10. The summed E-state index contributed by atoms with van der Waals surface area (Å²) >= 11 is 0. The minimum Gasteiger partial charge on any atom is -0.288 e.